The second kappa shape index (κ2) is 6.30. The summed E-state index contributed by atoms with van der Waals surface area (Å²) in [5, 5.41) is 0. The number of aromatic amines is 1. The number of fused-ring (bicyclic) bond motifs is 1. The molecule has 4 heteroatoms. The topological polar surface area (TPSA) is 49.0 Å². The Bertz CT molecular complexity index is 543. The number of nitrogens with zero attached hydrogens (tertiary/aromatic N) is 2. The van der Waals surface area contributed by atoms with Crippen molar-refractivity contribution in [3.63, 3.8) is 0 Å². The summed E-state index contributed by atoms with van der Waals surface area (Å²) in [6.45, 7) is 7.41. The van der Waals surface area contributed by atoms with Gasteiger partial charge in [-0.15, -0.1) is 0 Å². The molecule has 0 spiro atoms. The lowest BCUT2D eigenvalue weighted by atomic mass is 9.88. The Balaban J connectivity index is 1.83. The molecule has 1 aromatic heterocycles. The van der Waals surface area contributed by atoms with Crippen LogP contribution in [0.15, 0.2) is 4.79 Å². The quantitative estimate of drug-likeness (QED) is 0.931. The largest absolute Gasteiger partial charge is 0.310 e. The van der Waals surface area contributed by atoms with E-state index in [-0.39, 0.29) is 5.56 Å². The van der Waals surface area contributed by atoms with Crippen molar-refractivity contribution in [3.05, 3.63) is 27.4 Å². The molecule has 0 saturated heterocycles. The van der Waals surface area contributed by atoms with Crippen molar-refractivity contribution in [1.29, 1.82) is 0 Å². The maximum Gasteiger partial charge on any atom is 0.254 e. The van der Waals surface area contributed by atoms with Gasteiger partial charge in [0.05, 0.1) is 5.69 Å². The van der Waals surface area contributed by atoms with Crippen molar-refractivity contribution in [2.45, 2.75) is 64.8 Å². The van der Waals surface area contributed by atoms with Crippen LogP contribution in [0.3, 0.4) is 0 Å². The van der Waals surface area contributed by atoms with Crippen molar-refractivity contribution < 1.29 is 0 Å². The third-order valence-corrected chi connectivity index (χ3v) is 4.79. The van der Waals surface area contributed by atoms with E-state index >= 15 is 0 Å². The van der Waals surface area contributed by atoms with Crippen LogP contribution in [-0.4, -0.2) is 28.0 Å². The van der Waals surface area contributed by atoms with E-state index < -0.39 is 0 Å². The van der Waals surface area contributed by atoms with Crippen LogP contribution in [0.25, 0.3) is 0 Å². The van der Waals surface area contributed by atoms with Gasteiger partial charge in [-0.1, -0.05) is 33.1 Å². The Hall–Kier alpha value is -1.16. The van der Waals surface area contributed by atoms with Crippen molar-refractivity contribution in [3.8, 4) is 0 Å². The lowest BCUT2D eigenvalue weighted by Crippen LogP contribution is -2.37. The van der Waals surface area contributed by atoms with E-state index in [9.17, 15) is 4.79 Å². The Morgan fingerprint density at radius 2 is 2.05 bits per heavy atom. The Kier molecular flexibility index (Phi) is 4.43. The van der Waals surface area contributed by atoms with Gasteiger partial charge in [-0.3, -0.25) is 9.69 Å². The van der Waals surface area contributed by atoms with Gasteiger partial charge in [-0.05, 0) is 25.2 Å². The summed E-state index contributed by atoms with van der Waals surface area (Å²) in [4.78, 5) is 22.7. The molecule has 0 bridgehead atoms. The summed E-state index contributed by atoms with van der Waals surface area (Å²) >= 11 is 0. The molecule has 1 aliphatic carbocycles. The smallest absolute Gasteiger partial charge is 0.254 e. The van der Waals surface area contributed by atoms with E-state index in [4.69, 9.17) is 4.98 Å². The van der Waals surface area contributed by atoms with Gasteiger partial charge in [0.2, 0.25) is 0 Å². The molecule has 0 amide bonds. The number of rotatable bonds is 3. The maximum absolute atomic E-state index is 12.3. The molecular formula is C17H27N3O. The first kappa shape index (κ1) is 14.8. The molecule has 0 unspecified atom stereocenters. The first-order valence-corrected chi connectivity index (χ1v) is 8.48. The number of hydrogen-bond donors (Lipinski definition) is 1. The summed E-state index contributed by atoms with van der Waals surface area (Å²) in [6, 6.07) is 0. The zero-order chi connectivity index (χ0) is 14.8. The maximum atomic E-state index is 12.3. The van der Waals surface area contributed by atoms with Crippen molar-refractivity contribution >= 4 is 0 Å². The average molecular weight is 289 g/mol. The van der Waals surface area contributed by atoms with Crippen LogP contribution in [0.2, 0.25) is 0 Å². The molecule has 0 aromatic carbocycles. The molecule has 1 aromatic rings. The minimum atomic E-state index is 0.116. The highest BCUT2D eigenvalue weighted by Crippen LogP contribution is 2.30. The fourth-order valence-electron chi connectivity index (χ4n) is 3.75. The van der Waals surface area contributed by atoms with Gasteiger partial charge in [-0.2, -0.15) is 0 Å². The zero-order valence-electron chi connectivity index (χ0n) is 13.3. The van der Waals surface area contributed by atoms with Crippen LogP contribution in [0.5, 0.6) is 0 Å². The van der Waals surface area contributed by atoms with E-state index in [1.807, 2.05) is 0 Å². The minimum absolute atomic E-state index is 0.116. The number of aromatic nitrogens is 2. The third-order valence-electron chi connectivity index (χ3n) is 4.79. The van der Waals surface area contributed by atoms with Gasteiger partial charge in [0.25, 0.3) is 5.56 Å². The Morgan fingerprint density at radius 3 is 2.76 bits per heavy atom. The highest BCUT2D eigenvalue weighted by atomic mass is 16.1. The third kappa shape index (κ3) is 3.37. The normalized spacial score (nSPS) is 20.7. The van der Waals surface area contributed by atoms with Crippen LogP contribution in [-0.2, 0) is 13.0 Å². The predicted molar refractivity (Wildman–Crippen MR) is 84.5 cm³/mol. The molecule has 116 valence electrons. The first-order valence-electron chi connectivity index (χ1n) is 8.48. The molecule has 1 N–H and O–H groups in total. The summed E-state index contributed by atoms with van der Waals surface area (Å²) in [5.41, 5.74) is 2.07. The summed E-state index contributed by atoms with van der Waals surface area (Å²) < 4.78 is 0. The SMILES string of the molecule is CC(C)CN1CCc2c(nc(C3CCCCC3)[nH]c2=O)C1. The standard InChI is InChI=1S/C17H27N3O/c1-12(2)10-20-9-8-14-15(11-20)18-16(19-17(14)21)13-6-4-3-5-7-13/h12-13H,3-11H2,1-2H3,(H,18,19,21). The molecule has 2 heterocycles. The molecule has 0 atom stereocenters. The van der Waals surface area contributed by atoms with Gasteiger partial charge in [0.15, 0.2) is 0 Å². The number of nitrogens with one attached hydrogen (secondary N) is 1. The number of hydrogen-bond acceptors (Lipinski definition) is 3. The summed E-state index contributed by atoms with van der Waals surface area (Å²) in [5.74, 6) is 2.08. The van der Waals surface area contributed by atoms with Gasteiger partial charge >= 0.3 is 0 Å². The fourth-order valence-corrected chi connectivity index (χ4v) is 3.75. The lowest BCUT2D eigenvalue weighted by molar-refractivity contribution is 0.221. The monoisotopic (exact) mass is 289 g/mol. The molecule has 4 nitrogen and oxygen atoms in total. The molecule has 2 aliphatic rings. The highest BCUT2D eigenvalue weighted by molar-refractivity contribution is 5.22. The molecule has 1 aliphatic heterocycles. The second-order valence-electron chi connectivity index (χ2n) is 7.09. The van der Waals surface area contributed by atoms with Crippen molar-refractivity contribution in [1.82, 2.24) is 14.9 Å². The number of H-pyrrole nitrogens is 1. The Morgan fingerprint density at radius 1 is 1.29 bits per heavy atom. The van der Waals surface area contributed by atoms with E-state index in [0.29, 0.717) is 11.8 Å². The lowest BCUT2D eigenvalue weighted by Gasteiger charge is -2.30. The van der Waals surface area contributed by atoms with Crippen LogP contribution >= 0.6 is 0 Å². The second-order valence-corrected chi connectivity index (χ2v) is 7.09. The molecular weight excluding hydrogens is 262 g/mol. The van der Waals surface area contributed by atoms with E-state index in [2.05, 4.69) is 23.7 Å². The van der Waals surface area contributed by atoms with Crippen LogP contribution in [0.4, 0.5) is 0 Å². The summed E-state index contributed by atoms with van der Waals surface area (Å²) in [7, 11) is 0. The Labute approximate surface area is 127 Å². The van der Waals surface area contributed by atoms with Crippen molar-refractivity contribution in [2.75, 3.05) is 13.1 Å². The minimum Gasteiger partial charge on any atom is -0.310 e. The molecule has 21 heavy (non-hydrogen) atoms. The van der Waals surface area contributed by atoms with E-state index in [0.717, 1.165) is 43.1 Å². The van der Waals surface area contributed by atoms with Gasteiger partial charge in [0.1, 0.15) is 5.82 Å². The molecule has 3 rings (SSSR count). The highest BCUT2D eigenvalue weighted by Gasteiger charge is 2.24. The fraction of sp³-hybridized carbons (Fsp3) is 0.765. The predicted octanol–water partition coefficient (Wildman–Crippen LogP) is 2.83. The van der Waals surface area contributed by atoms with Crippen LogP contribution in [0, 0.1) is 5.92 Å². The van der Waals surface area contributed by atoms with E-state index in [1.54, 1.807) is 0 Å². The van der Waals surface area contributed by atoms with Gasteiger partial charge in [-0.25, -0.2) is 4.98 Å². The van der Waals surface area contributed by atoms with E-state index in [1.165, 1.54) is 32.1 Å². The summed E-state index contributed by atoms with van der Waals surface area (Å²) in [6.07, 6.45) is 7.06. The average Bonchev–Trinajstić information content (AvgIpc) is 2.47. The van der Waals surface area contributed by atoms with Crippen molar-refractivity contribution in [2.24, 2.45) is 5.92 Å². The zero-order valence-corrected chi connectivity index (χ0v) is 13.3. The molecule has 1 fully saturated rings. The van der Waals surface area contributed by atoms with Crippen LogP contribution in [0.1, 0.15) is 69.0 Å². The van der Waals surface area contributed by atoms with Gasteiger partial charge in [0, 0.05) is 31.1 Å². The van der Waals surface area contributed by atoms with Gasteiger partial charge < -0.3 is 4.98 Å². The molecule has 1 saturated carbocycles. The first-order chi connectivity index (χ1) is 10.1. The molecule has 0 radical (unpaired) electrons. The van der Waals surface area contributed by atoms with Crippen LogP contribution < -0.4 is 5.56 Å².